The Morgan fingerprint density at radius 3 is 3.12 bits per heavy atom. The molecule has 1 aromatic heterocycles. The number of rotatable bonds is 9. The zero-order valence-electron chi connectivity index (χ0n) is 14.5. The van der Waals surface area contributed by atoms with E-state index >= 15 is 0 Å². The Morgan fingerprint density at radius 2 is 2.32 bits per heavy atom. The molecular weight excluding hydrogens is 342 g/mol. The van der Waals surface area contributed by atoms with Crippen molar-refractivity contribution in [3.8, 4) is 5.75 Å². The van der Waals surface area contributed by atoms with Crippen LogP contribution in [0.25, 0.3) is 0 Å². The molecule has 1 N–H and O–H groups in total. The number of halogens is 1. The summed E-state index contributed by atoms with van der Waals surface area (Å²) in [4.78, 5) is 4.39. The Morgan fingerprint density at radius 1 is 1.40 bits per heavy atom. The molecule has 2 aromatic rings. The molecule has 0 unspecified atom stereocenters. The fourth-order valence-corrected chi connectivity index (χ4v) is 2.87. The van der Waals surface area contributed by atoms with Gasteiger partial charge in [-0.25, -0.2) is 0 Å². The van der Waals surface area contributed by atoms with E-state index in [-0.39, 0.29) is 6.10 Å². The number of benzene rings is 1. The van der Waals surface area contributed by atoms with Crippen molar-refractivity contribution in [3.63, 3.8) is 0 Å². The quantitative estimate of drug-likeness (QED) is 0.716. The SMILES string of the molecule is CCCCc1noc(CNc2cc(Cl)ccc2OC[C@H]2CCCO2)n1. The molecule has 1 atom stereocenters. The molecular formula is C18H24ClN3O3. The summed E-state index contributed by atoms with van der Waals surface area (Å²) in [6.07, 6.45) is 5.31. The van der Waals surface area contributed by atoms with Crippen molar-refractivity contribution in [2.45, 2.75) is 51.7 Å². The molecule has 1 saturated heterocycles. The molecule has 0 radical (unpaired) electrons. The third kappa shape index (κ3) is 5.34. The number of nitrogens with one attached hydrogen (secondary N) is 1. The van der Waals surface area contributed by atoms with Gasteiger partial charge in [0.1, 0.15) is 12.4 Å². The standard InChI is InChI=1S/C18H24ClN3O3/c1-2-3-6-17-21-18(25-22-17)11-20-15-10-13(19)7-8-16(15)24-12-14-5-4-9-23-14/h7-8,10,14,20H,2-6,9,11-12H2,1H3/t14-/m1/s1. The average Bonchev–Trinajstić information content (AvgIpc) is 3.29. The van der Waals surface area contributed by atoms with E-state index < -0.39 is 0 Å². The lowest BCUT2D eigenvalue weighted by atomic mass is 10.2. The molecule has 0 bridgehead atoms. The van der Waals surface area contributed by atoms with Gasteiger partial charge in [0.25, 0.3) is 0 Å². The number of aryl methyl sites for hydroxylation is 1. The normalized spacial score (nSPS) is 17.0. The van der Waals surface area contributed by atoms with E-state index in [0.29, 0.717) is 24.1 Å². The fourth-order valence-electron chi connectivity index (χ4n) is 2.69. The summed E-state index contributed by atoms with van der Waals surface area (Å²) in [6.45, 7) is 3.92. The van der Waals surface area contributed by atoms with Crippen molar-refractivity contribution in [2.75, 3.05) is 18.5 Å². The second kappa shape index (κ2) is 9.06. The third-order valence-corrected chi connectivity index (χ3v) is 4.32. The lowest BCUT2D eigenvalue weighted by molar-refractivity contribution is 0.0682. The van der Waals surface area contributed by atoms with E-state index in [2.05, 4.69) is 22.4 Å². The zero-order valence-corrected chi connectivity index (χ0v) is 15.2. The Balaban J connectivity index is 1.58. The van der Waals surface area contributed by atoms with Crippen LogP contribution in [0.2, 0.25) is 5.02 Å². The van der Waals surface area contributed by atoms with Gasteiger partial charge in [0, 0.05) is 18.1 Å². The van der Waals surface area contributed by atoms with Crippen LogP contribution >= 0.6 is 11.6 Å². The van der Waals surface area contributed by atoms with Crippen LogP contribution in [0.1, 0.15) is 44.3 Å². The predicted octanol–water partition coefficient (Wildman–Crippen LogP) is 4.24. The molecule has 3 rings (SSSR count). The van der Waals surface area contributed by atoms with Gasteiger partial charge >= 0.3 is 0 Å². The molecule has 0 aliphatic carbocycles. The van der Waals surface area contributed by atoms with E-state index in [1.165, 1.54) is 0 Å². The number of ether oxygens (including phenoxy) is 2. The second-order valence-corrected chi connectivity index (χ2v) is 6.58. The van der Waals surface area contributed by atoms with Gasteiger partial charge in [-0.3, -0.25) is 0 Å². The van der Waals surface area contributed by atoms with Crippen LogP contribution < -0.4 is 10.1 Å². The van der Waals surface area contributed by atoms with Gasteiger partial charge in [0.05, 0.1) is 18.3 Å². The maximum Gasteiger partial charge on any atom is 0.245 e. The smallest absolute Gasteiger partial charge is 0.245 e. The lowest BCUT2D eigenvalue weighted by Gasteiger charge is -2.15. The van der Waals surface area contributed by atoms with Crippen molar-refractivity contribution in [3.05, 3.63) is 34.9 Å². The molecule has 0 amide bonds. The number of aromatic nitrogens is 2. The first-order valence-electron chi connectivity index (χ1n) is 8.84. The van der Waals surface area contributed by atoms with Crippen molar-refractivity contribution < 1.29 is 14.0 Å². The average molecular weight is 366 g/mol. The summed E-state index contributed by atoms with van der Waals surface area (Å²) in [5.41, 5.74) is 0.804. The van der Waals surface area contributed by atoms with Crippen molar-refractivity contribution in [1.29, 1.82) is 0 Å². The number of nitrogens with zero attached hydrogens (tertiary/aromatic N) is 2. The monoisotopic (exact) mass is 365 g/mol. The maximum absolute atomic E-state index is 6.12. The van der Waals surface area contributed by atoms with Crippen molar-refractivity contribution in [2.24, 2.45) is 0 Å². The topological polar surface area (TPSA) is 69.4 Å². The minimum absolute atomic E-state index is 0.167. The highest BCUT2D eigenvalue weighted by Gasteiger charge is 2.17. The Hall–Kier alpha value is -1.79. The zero-order chi connectivity index (χ0) is 17.5. The van der Waals surface area contributed by atoms with Gasteiger partial charge < -0.3 is 19.3 Å². The van der Waals surface area contributed by atoms with Crippen molar-refractivity contribution in [1.82, 2.24) is 10.1 Å². The Kier molecular flexibility index (Phi) is 6.53. The maximum atomic E-state index is 6.12. The minimum atomic E-state index is 0.167. The van der Waals surface area contributed by atoms with E-state index in [0.717, 1.165) is 56.0 Å². The summed E-state index contributed by atoms with van der Waals surface area (Å²) in [5.74, 6) is 2.04. The van der Waals surface area contributed by atoms with Gasteiger partial charge in [-0.15, -0.1) is 0 Å². The number of anilines is 1. The predicted molar refractivity (Wildman–Crippen MR) is 96.2 cm³/mol. The molecule has 1 aliphatic heterocycles. The van der Waals surface area contributed by atoms with Crippen LogP contribution in [0, 0.1) is 0 Å². The summed E-state index contributed by atoms with van der Waals surface area (Å²) in [6, 6.07) is 5.51. The molecule has 1 aromatic carbocycles. The number of unbranched alkanes of at least 4 members (excludes halogenated alkanes) is 1. The van der Waals surface area contributed by atoms with Gasteiger partial charge in [0.15, 0.2) is 5.82 Å². The van der Waals surface area contributed by atoms with E-state index in [9.17, 15) is 0 Å². The van der Waals surface area contributed by atoms with Crippen LogP contribution in [0.3, 0.4) is 0 Å². The molecule has 136 valence electrons. The first kappa shape index (κ1) is 18.0. The van der Waals surface area contributed by atoms with E-state index in [1.54, 1.807) is 0 Å². The third-order valence-electron chi connectivity index (χ3n) is 4.08. The molecule has 25 heavy (non-hydrogen) atoms. The molecule has 6 nitrogen and oxygen atoms in total. The molecule has 0 saturated carbocycles. The number of hydrogen-bond acceptors (Lipinski definition) is 6. The number of hydrogen-bond donors (Lipinski definition) is 1. The van der Waals surface area contributed by atoms with Crippen molar-refractivity contribution >= 4 is 17.3 Å². The second-order valence-electron chi connectivity index (χ2n) is 6.15. The molecule has 1 aliphatic rings. The summed E-state index contributed by atoms with van der Waals surface area (Å²) in [7, 11) is 0. The van der Waals surface area contributed by atoms with Gasteiger partial charge in [-0.1, -0.05) is 30.1 Å². The molecule has 7 heteroatoms. The first-order chi connectivity index (χ1) is 12.2. The molecule has 2 heterocycles. The fraction of sp³-hybridized carbons (Fsp3) is 0.556. The summed E-state index contributed by atoms with van der Waals surface area (Å²) in [5, 5.41) is 7.90. The molecule has 1 fully saturated rings. The summed E-state index contributed by atoms with van der Waals surface area (Å²) >= 11 is 6.12. The van der Waals surface area contributed by atoms with Gasteiger partial charge in [-0.05, 0) is 37.5 Å². The first-order valence-corrected chi connectivity index (χ1v) is 9.21. The van der Waals surface area contributed by atoms with Gasteiger partial charge in [-0.2, -0.15) is 4.98 Å². The lowest BCUT2D eigenvalue weighted by Crippen LogP contribution is -2.17. The highest BCUT2D eigenvalue weighted by atomic mass is 35.5. The van der Waals surface area contributed by atoms with Crippen LogP contribution in [0.15, 0.2) is 22.7 Å². The minimum Gasteiger partial charge on any atom is -0.489 e. The van der Waals surface area contributed by atoms with Crippen LogP contribution in [0.5, 0.6) is 5.75 Å². The summed E-state index contributed by atoms with van der Waals surface area (Å²) < 4.78 is 16.8. The van der Waals surface area contributed by atoms with E-state index in [1.807, 2.05) is 18.2 Å². The highest BCUT2D eigenvalue weighted by Crippen LogP contribution is 2.29. The largest absolute Gasteiger partial charge is 0.489 e. The molecule has 0 spiro atoms. The van der Waals surface area contributed by atoms with Crippen LogP contribution in [0.4, 0.5) is 5.69 Å². The van der Waals surface area contributed by atoms with E-state index in [4.69, 9.17) is 25.6 Å². The Labute approximate surface area is 152 Å². The van der Waals surface area contributed by atoms with Crippen LogP contribution in [-0.4, -0.2) is 29.5 Å². The highest BCUT2D eigenvalue weighted by molar-refractivity contribution is 6.30. The van der Waals surface area contributed by atoms with Gasteiger partial charge in [0.2, 0.25) is 5.89 Å². The van der Waals surface area contributed by atoms with Crippen LogP contribution in [-0.2, 0) is 17.7 Å². The Bertz CT molecular complexity index is 671.